The standard InChI is InChI=1S/C21H39N2P/c1-17(2)7-5-8-18(3)10-11-22-12-13-23-21-19(4)15-20-9-6-14-24(21)16-20/h7,10,19-23H,5-6,8-9,11-16H2,1-4H3/b18-10+. The molecule has 0 aromatic rings. The normalized spacial score (nSPS) is 30.2. The Morgan fingerprint density at radius 2 is 2.00 bits per heavy atom. The van der Waals surface area contributed by atoms with Crippen molar-refractivity contribution < 1.29 is 0 Å². The number of fused-ring (bicyclic) bond motifs is 2. The van der Waals surface area contributed by atoms with Gasteiger partial charge in [-0.05, 0) is 77.0 Å². The molecule has 24 heavy (non-hydrogen) atoms. The fraction of sp³-hybridized carbons (Fsp3) is 0.810. The summed E-state index contributed by atoms with van der Waals surface area (Å²) in [4.78, 5) is 0. The molecule has 2 bridgehead atoms. The Morgan fingerprint density at radius 1 is 1.17 bits per heavy atom. The van der Waals surface area contributed by atoms with E-state index in [4.69, 9.17) is 0 Å². The molecule has 0 aromatic carbocycles. The van der Waals surface area contributed by atoms with Gasteiger partial charge in [0.1, 0.15) is 0 Å². The quantitative estimate of drug-likeness (QED) is 0.343. The van der Waals surface area contributed by atoms with Crippen molar-refractivity contribution in [2.24, 2.45) is 11.8 Å². The number of hydrogen-bond donors (Lipinski definition) is 2. The molecule has 2 nitrogen and oxygen atoms in total. The molecule has 2 saturated heterocycles. The van der Waals surface area contributed by atoms with Crippen molar-refractivity contribution in [3.63, 3.8) is 0 Å². The van der Waals surface area contributed by atoms with Crippen LogP contribution in [-0.4, -0.2) is 37.7 Å². The largest absolute Gasteiger partial charge is 0.312 e. The fourth-order valence-electron chi connectivity index (χ4n) is 4.23. The predicted octanol–water partition coefficient (Wildman–Crippen LogP) is 5.12. The van der Waals surface area contributed by atoms with E-state index in [0.717, 1.165) is 37.3 Å². The van der Waals surface area contributed by atoms with E-state index in [-0.39, 0.29) is 7.92 Å². The van der Waals surface area contributed by atoms with Gasteiger partial charge in [0.25, 0.3) is 0 Å². The first-order valence-electron chi connectivity index (χ1n) is 10.0. The lowest BCUT2D eigenvalue weighted by Gasteiger charge is -2.45. The summed E-state index contributed by atoms with van der Waals surface area (Å²) in [6, 6.07) is 0. The molecule has 0 amide bonds. The number of hydrogen-bond acceptors (Lipinski definition) is 2. The van der Waals surface area contributed by atoms with Gasteiger partial charge in [-0.2, -0.15) is 0 Å². The molecule has 2 fully saturated rings. The van der Waals surface area contributed by atoms with Crippen LogP contribution in [0.5, 0.6) is 0 Å². The molecule has 0 aromatic heterocycles. The van der Waals surface area contributed by atoms with Crippen LogP contribution in [0.25, 0.3) is 0 Å². The first kappa shape index (κ1) is 20.1. The van der Waals surface area contributed by atoms with Crippen LogP contribution in [0.15, 0.2) is 23.3 Å². The maximum atomic E-state index is 3.90. The topological polar surface area (TPSA) is 24.1 Å². The molecule has 0 aliphatic carbocycles. The Bertz CT molecular complexity index is 424. The fourth-order valence-corrected chi connectivity index (χ4v) is 7.73. The molecule has 138 valence electrons. The second-order valence-electron chi connectivity index (χ2n) is 8.19. The summed E-state index contributed by atoms with van der Waals surface area (Å²) >= 11 is 0. The van der Waals surface area contributed by atoms with Gasteiger partial charge < -0.3 is 10.6 Å². The van der Waals surface area contributed by atoms with Gasteiger partial charge in [0.05, 0.1) is 0 Å². The van der Waals surface area contributed by atoms with Crippen molar-refractivity contribution in [2.45, 2.75) is 65.6 Å². The first-order chi connectivity index (χ1) is 11.6. The predicted molar refractivity (Wildman–Crippen MR) is 110 cm³/mol. The van der Waals surface area contributed by atoms with Gasteiger partial charge in [0, 0.05) is 25.4 Å². The average molecular weight is 351 g/mol. The van der Waals surface area contributed by atoms with Gasteiger partial charge in [0.2, 0.25) is 0 Å². The van der Waals surface area contributed by atoms with E-state index in [1.807, 2.05) is 0 Å². The average Bonchev–Trinajstić information content (AvgIpc) is 2.53. The van der Waals surface area contributed by atoms with E-state index < -0.39 is 0 Å². The van der Waals surface area contributed by atoms with E-state index in [0.29, 0.717) is 0 Å². The second kappa shape index (κ2) is 10.7. The minimum atomic E-state index is 0.272. The van der Waals surface area contributed by atoms with E-state index in [2.05, 4.69) is 50.5 Å². The van der Waals surface area contributed by atoms with Crippen molar-refractivity contribution in [3.05, 3.63) is 23.3 Å². The Hall–Kier alpha value is -0.170. The molecular weight excluding hydrogens is 311 g/mol. The lowest BCUT2D eigenvalue weighted by atomic mass is 9.92. The summed E-state index contributed by atoms with van der Waals surface area (Å²) in [5.41, 5.74) is 2.93. The summed E-state index contributed by atoms with van der Waals surface area (Å²) in [7, 11) is 0.272. The zero-order valence-electron chi connectivity index (χ0n) is 16.4. The van der Waals surface area contributed by atoms with E-state index in [1.54, 1.807) is 6.16 Å². The highest BCUT2D eigenvalue weighted by Gasteiger charge is 2.36. The molecule has 0 saturated carbocycles. The Morgan fingerprint density at radius 3 is 2.79 bits per heavy atom. The highest BCUT2D eigenvalue weighted by Crippen LogP contribution is 2.55. The van der Waals surface area contributed by atoms with Crippen LogP contribution >= 0.6 is 7.92 Å². The van der Waals surface area contributed by atoms with Crippen molar-refractivity contribution >= 4 is 7.92 Å². The summed E-state index contributed by atoms with van der Waals surface area (Å²) in [5, 5.41) is 7.48. The Balaban J connectivity index is 1.57. The minimum Gasteiger partial charge on any atom is -0.312 e. The van der Waals surface area contributed by atoms with Gasteiger partial charge in [-0.15, -0.1) is 0 Å². The van der Waals surface area contributed by atoms with E-state index in [9.17, 15) is 0 Å². The van der Waals surface area contributed by atoms with Crippen molar-refractivity contribution in [1.82, 2.24) is 10.6 Å². The Labute approximate surface area is 151 Å². The van der Waals surface area contributed by atoms with Crippen molar-refractivity contribution in [3.8, 4) is 0 Å². The van der Waals surface area contributed by atoms with Crippen LogP contribution in [0.4, 0.5) is 0 Å². The first-order valence-corrected chi connectivity index (χ1v) is 11.8. The molecule has 2 aliphatic heterocycles. The summed E-state index contributed by atoms with van der Waals surface area (Å²) < 4.78 is 0. The minimum absolute atomic E-state index is 0.272. The second-order valence-corrected chi connectivity index (χ2v) is 10.7. The van der Waals surface area contributed by atoms with Gasteiger partial charge in [-0.3, -0.25) is 0 Å². The molecule has 2 rings (SSSR count). The molecule has 2 N–H and O–H groups in total. The van der Waals surface area contributed by atoms with Crippen LogP contribution in [0.3, 0.4) is 0 Å². The SMILES string of the molecule is CC(C)=CCC/C(C)=C/CNCCNC1C(C)CC2CCCP1C2. The monoisotopic (exact) mass is 350 g/mol. The van der Waals surface area contributed by atoms with Gasteiger partial charge >= 0.3 is 0 Å². The summed E-state index contributed by atoms with van der Waals surface area (Å²) in [6.07, 6.45) is 14.6. The van der Waals surface area contributed by atoms with Crippen LogP contribution in [0, 0.1) is 11.8 Å². The third-order valence-electron chi connectivity index (χ3n) is 5.53. The highest BCUT2D eigenvalue weighted by atomic mass is 31.1. The van der Waals surface area contributed by atoms with Gasteiger partial charge in [-0.25, -0.2) is 0 Å². The molecule has 3 heteroatoms. The summed E-state index contributed by atoms with van der Waals surface area (Å²) in [5.74, 6) is 2.79. The van der Waals surface area contributed by atoms with Crippen LogP contribution < -0.4 is 10.6 Å². The van der Waals surface area contributed by atoms with Crippen LogP contribution in [0.2, 0.25) is 0 Å². The maximum Gasteiger partial charge on any atom is 0.0294 e. The zero-order chi connectivity index (χ0) is 17.4. The third kappa shape index (κ3) is 6.98. The van der Waals surface area contributed by atoms with Crippen molar-refractivity contribution in [1.29, 1.82) is 0 Å². The number of allylic oxidation sites excluding steroid dienone is 3. The lowest BCUT2D eigenvalue weighted by molar-refractivity contribution is 0.328. The van der Waals surface area contributed by atoms with Crippen LogP contribution in [-0.2, 0) is 0 Å². The number of nitrogens with one attached hydrogen (secondary N) is 2. The molecule has 4 unspecified atom stereocenters. The molecule has 0 spiro atoms. The van der Waals surface area contributed by atoms with Gasteiger partial charge in [-0.1, -0.05) is 38.1 Å². The lowest BCUT2D eigenvalue weighted by Crippen LogP contribution is -2.43. The molecule has 2 heterocycles. The molecule has 2 aliphatic rings. The third-order valence-corrected chi connectivity index (χ3v) is 8.88. The maximum absolute atomic E-state index is 3.90. The van der Waals surface area contributed by atoms with Crippen LogP contribution in [0.1, 0.15) is 59.8 Å². The van der Waals surface area contributed by atoms with Gasteiger partial charge in [0.15, 0.2) is 0 Å². The number of rotatable bonds is 9. The van der Waals surface area contributed by atoms with Crippen molar-refractivity contribution in [2.75, 3.05) is 32.0 Å². The Kier molecular flexibility index (Phi) is 9.01. The molecular formula is C21H39N2P. The molecule has 4 atom stereocenters. The highest BCUT2D eigenvalue weighted by molar-refractivity contribution is 7.58. The summed E-state index contributed by atoms with van der Waals surface area (Å²) in [6.45, 7) is 12.3. The smallest absolute Gasteiger partial charge is 0.0294 e. The van der Waals surface area contributed by atoms with E-state index in [1.165, 1.54) is 49.4 Å². The molecule has 0 radical (unpaired) electrons. The van der Waals surface area contributed by atoms with E-state index >= 15 is 0 Å². The zero-order valence-corrected chi connectivity index (χ0v) is 17.3.